The van der Waals surface area contributed by atoms with Gasteiger partial charge in [-0.15, -0.1) is 0 Å². The Balaban J connectivity index is 2.14. The normalized spacial score (nSPS) is 19.5. The topological polar surface area (TPSA) is 71.2 Å². The van der Waals surface area contributed by atoms with Crippen molar-refractivity contribution < 1.29 is 4.79 Å². The average molecular weight is 234 g/mol. The maximum absolute atomic E-state index is 11.5. The van der Waals surface area contributed by atoms with Gasteiger partial charge >= 0.3 is 0 Å². The molecule has 3 N–H and O–H groups in total. The molecule has 0 aromatic carbocycles. The zero-order valence-corrected chi connectivity index (χ0v) is 9.80. The highest BCUT2D eigenvalue weighted by atomic mass is 16.2. The number of hydrogen-bond acceptors (Lipinski definition) is 4. The van der Waals surface area contributed by atoms with Gasteiger partial charge in [-0.2, -0.15) is 0 Å². The van der Waals surface area contributed by atoms with E-state index in [9.17, 15) is 4.79 Å². The summed E-state index contributed by atoms with van der Waals surface area (Å²) in [4.78, 5) is 17.7. The molecular formula is C12H18N4O. The van der Waals surface area contributed by atoms with E-state index < -0.39 is 0 Å². The van der Waals surface area contributed by atoms with E-state index >= 15 is 0 Å². The standard InChI is InChI=1S/C12H18N4O/c13-8-11(10-2-5-14-6-3-10)16-7-1-4-15-12(17)9-16/h2-3,5-6,11H,1,4,7-9,13H2,(H,15,17). The van der Waals surface area contributed by atoms with Gasteiger partial charge in [0, 0.05) is 38.1 Å². The van der Waals surface area contributed by atoms with E-state index in [0.717, 1.165) is 25.1 Å². The van der Waals surface area contributed by atoms with Crippen molar-refractivity contribution in [3.05, 3.63) is 30.1 Å². The summed E-state index contributed by atoms with van der Waals surface area (Å²) in [6, 6.07) is 4.02. The number of hydrogen-bond donors (Lipinski definition) is 2. The van der Waals surface area contributed by atoms with E-state index in [-0.39, 0.29) is 11.9 Å². The van der Waals surface area contributed by atoms with Crippen LogP contribution in [0.3, 0.4) is 0 Å². The van der Waals surface area contributed by atoms with Gasteiger partial charge in [0.25, 0.3) is 0 Å². The summed E-state index contributed by atoms with van der Waals surface area (Å²) >= 11 is 0. The number of carbonyl (C=O) groups is 1. The van der Waals surface area contributed by atoms with Crippen molar-refractivity contribution in [2.24, 2.45) is 5.73 Å². The van der Waals surface area contributed by atoms with Gasteiger partial charge in [0.15, 0.2) is 0 Å². The number of nitrogens with one attached hydrogen (secondary N) is 1. The predicted octanol–water partition coefficient (Wildman–Crippen LogP) is -0.0967. The van der Waals surface area contributed by atoms with Crippen molar-refractivity contribution in [3.63, 3.8) is 0 Å². The van der Waals surface area contributed by atoms with Crippen molar-refractivity contribution in [1.29, 1.82) is 0 Å². The van der Waals surface area contributed by atoms with Gasteiger partial charge in [0.05, 0.1) is 6.54 Å². The molecular weight excluding hydrogens is 216 g/mol. The van der Waals surface area contributed by atoms with Crippen LogP contribution in [-0.2, 0) is 4.79 Å². The summed E-state index contributed by atoms with van der Waals surface area (Å²) in [5.41, 5.74) is 6.96. The molecule has 1 saturated heterocycles. The van der Waals surface area contributed by atoms with E-state index in [2.05, 4.69) is 15.2 Å². The number of pyridine rings is 1. The lowest BCUT2D eigenvalue weighted by Crippen LogP contribution is -2.38. The zero-order chi connectivity index (χ0) is 12.1. The zero-order valence-electron chi connectivity index (χ0n) is 9.80. The van der Waals surface area contributed by atoms with Crippen molar-refractivity contribution in [1.82, 2.24) is 15.2 Å². The Morgan fingerprint density at radius 1 is 1.47 bits per heavy atom. The fraction of sp³-hybridized carbons (Fsp3) is 0.500. The highest BCUT2D eigenvalue weighted by Gasteiger charge is 2.22. The SMILES string of the molecule is NCC(c1ccncc1)N1CCCNC(=O)C1. The number of nitrogens with two attached hydrogens (primary N) is 1. The van der Waals surface area contributed by atoms with Crippen LogP contribution >= 0.6 is 0 Å². The lowest BCUT2D eigenvalue weighted by atomic mass is 10.1. The van der Waals surface area contributed by atoms with E-state index in [1.54, 1.807) is 12.4 Å². The molecule has 0 radical (unpaired) electrons. The van der Waals surface area contributed by atoms with E-state index in [4.69, 9.17) is 5.73 Å². The first-order valence-corrected chi connectivity index (χ1v) is 5.92. The van der Waals surface area contributed by atoms with Gasteiger partial charge in [0.1, 0.15) is 0 Å². The van der Waals surface area contributed by atoms with Crippen LogP contribution < -0.4 is 11.1 Å². The summed E-state index contributed by atoms with van der Waals surface area (Å²) in [5.74, 6) is 0.0787. The van der Waals surface area contributed by atoms with Crippen molar-refractivity contribution in [2.45, 2.75) is 12.5 Å². The van der Waals surface area contributed by atoms with Crippen molar-refractivity contribution >= 4 is 5.91 Å². The number of aromatic nitrogens is 1. The predicted molar refractivity (Wildman–Crippen MR) is 65.2 cm³/mol. The minimum Gasteiger partial charge on any atom is -0.355 e. The van der Waals surface area contributed by atoms with Gasteiger partial charge in [-0.1, -0.05) is 0 Å². The maximum atomic E-state index is 11.5. The summed E-state index contributed by atoms with van der Waals surface area (Å²) < 4.78 is 0. The molecule has 5 nitrogen and oxygen atoms in total. The molecule has 5 heteroatoms. The number of rotatable bonds is 3. The van der Waals surface area contributed by atoms with Crippen LogP contribution in [0.5, 0.6) is 0 Å². The molecule has 1 amide bonds. The molecule has 0 saturated carbocycles. The highest BCUT2D eigenvalue weighted by molar-refractivity contribution is 5.78. The van der Waals surface area contributed by atoms with Crippen LogP contribution in [0.15, 0.2) is 24.5 Å². The Morgan fingerprint density at radius 2 is 2.24 bits per heavy atom. The first-order valence-electron chi connectivity index (χ1n) is 5.92. The first kappa shape index (κ1) is 12.0. The molecule has 1 aromatic rings. The van der Waals surface area contributed by atoms with Crippen LogP contribution in [0.4, 0.5) is 0 Å². The summed E-state index contributed by atoms with van der Waals surface area (Å²) in [7, 11) is 0. The molecule has 0 aliphatic carbocycles. The Bertz CT molecular complexity index is 368. The molecule has 1 aliphatic heterocycles. The third-order valence-electron chi connectivity index (χ3n) is 3.05. The van der Waals surface area contributed by atoms with Gasteiger partial charge in [-0.05, 0) is 24.1 Å². The third-order valence-corrected chi connectivity index (χ3v) is 3.05. The fourth-order valence-electron chi connectivity index (χ4n) is 2.18. The summed E-state index contributed by atoms with van der Waals surface area (Å²) in [6.07, 6.45) is 4.49. The molecule has 17 heavy (non-hydrogen) atoms. The third kappa shape index (κ3) is 3.01. The lowest BCUT2D eigenvalue weighted by molar-refractivity contribution is -0.121. The smallest absolute Gasteiger partial charge is 0.234 e. The lowest BCUT2D eigenvalue weighted by Gasteiger charge is -2.28. The van der Waals surface area contributed by atoms with Gasteiger partial charge < -0.3 is 11.1 Å². The molecule has 92 valence electrons. The first-order chi connectivity index (χ1) is 8.31. The Labute approximate surface area is 101 Å². The summed E-state index contributed by atoms with van der Waals surface area (Å²) in [5, 5.41) is 2.87. The Hall–Kier alpha value is -1.46. The van der Waals surface area contributed by atoms with E-state index in [0.29, 0.717) is 13.1 Å². The van der Waals surface area contributed by atoms with Gasteiger partial charge in [0.2, 0.25) is 5.91 Å². The van der Waals surface area contributed by atoms with E-state index in [1.807, 2.05) is 12.1 Å². The molecule has 1 unspecified atom stereocenters. The quantitative estimate of drug-likeness (QED) is 0.766. The average Bonchev–Trinajstić information content (AvgIpc) is 2.56. The minimum absolute atomic E-state index is 0.0787. The maximum Gasteiger partial charge on any atom is 0.234 e. The van der Waals surface area contributed by atoms with Crippen molar-refractivity contribution in [2.75, 3.05) is 26.2 Å². The molecule has 1 aliphatic rings. The van der Waals surface area contributed by atoms with Crippen LogP contribution in [-0.4, -0.2) is 42.0 Å². The number of amides is 1. The minimum atomic E-state index is 0.0787. The second kappa shape index (κ2) is 5.75. The Morgan fingerprint density at radius 3 is 2.94 bits per heavy atom. The molecule has 2 rings (SSSR count). The van der Waals surface area contributed by atoms with E-state index in [1.165, 1.54) is 0 Å². The Kier molecular flexibility index (Phi) is 4.06. The highest BCUT2D eigenvalue weighted by Crippen LogP contribution is 2.19. The van der Waals surface area contributed by atoms with Crippen LogP contribution in [0.2, 0.25) is 0 Å². The molecule has 1 fully saturated rings. The summed E-state index contributed by atoms with van der Waals surface area (Å²) in [6.45, 7) is 2.58. The fourth-order valence-corrected chi connectivity index (χ4v) is 2.18. The largest absolute Gasteiger partial charge is 0.355 e. The molecule has 1 atom stereocenters. The monoisotopic (exact) mass is 234 g/mol. The molecule has 0 bridgehead atoms. The second-order valence-electron chi connectivity index (χ2n) is 4.21. The number of nitrogens with zero attached hydrogens (tertiary/aromatic N) is 2. The van der Waals surface area contributed by atoms with Gasteiger partial charge in [-0.3, -0.25) is 14.7 Å². The van der Waals surface area contributed by atoms with Crippen LogP contribution in [0.1, 0.15) is 18.0 Å². The molecule has 0 spiro atoms. The molecule has 1 aromatic heterocycles. The van der Waals surface area contributed by atoms with Crippen LogP contribution in [0, 0.1) is 0 Å². The van der Waals surface area contributed by atoms with Crippen molar-refractivity contribution in [3.8, 4) is 0 Å². The second-order valence-corrected chi connectivity index (χ2v) is 4.21. The van der Waals surface area contributed by atoms with Crippen LogP contribution in [0.25, 0.3) is 0 Å². The number of carbonyl (C=O) groups excluding carboxylic acids is 1. The van der Waals surface area contributed by atoms with Gasteiger partial charge in [-0.25, -0.2) is 0 Å². The molecule has 2 heterocycles.